The van der Waals surface area contributed by atoms with Gasteiger partial charge in [0.25, 0.3) is 5.91 Å². The van der Waals surface area contributed by atoms with E-state index >= 15 is 0 Å². The molecule has 4 heteroatoms. The summed E-state index contributed by atoms with van der Waals surface area (Å²) in [6.45, 7) is 2.66. The lowest BCUT2D eigenvalue weighted by atomic mass is 10.1. The molecule has 0 aliphatic carbocycles. The van der Waals surface area contributed by atoms with Crippen LogP contribution in [0.4, 0.5) is 5.69 Å². The standard InChI is InChI=1S/C13H14N2O2/c1-3-9(2)14-7-10-4-5-12-11(6-10)15-13(16)8-17-12/h1,4-6,9,14H,7-8H2,2H3,(H,15,16). The van der Waals surface area contributed by atoms with Crippen molar-refractivity contribution in [1.29, 1.82) is 0 Å². The van der Waals surface area contributed by atoms with Crippen molar-refractivity contribution in [2.45, 2.75) is 19.5 Å². The highest BCUT2D eigenvalue weighted by molar-refractivity contribution is 5.95. The largest absolute Gasteiger partial charge is 0.482 e. The molecule has 2 rings (SSSR count). The van der Waals surface area contributed by atoms with E-state index in [4.69, 9.17) is 11.2 Å². The van der Waals surface area contributed by atoms with Crippen molar-refractivity contribution in [1.82, 2.24) is 5.32 Å². The van der Waals surface area contributed by atoms with Gasteiger partial charge in [0.1, 0.15) is 5.75 Å². The number of carbonyl (C=O) groups excluding carboxylic acids is 1. The first kappa shape index (κ1) is 11.5. The molecule has 1 atom stereocenters. The maximum atomic E-state index is 11.2. The molecule has 0 saturated carbocycles. The zero-order chi connectivity index (χ0) is 12.3. The molecule has 1 aromatic carbocycles. The van der Waals surface area contributed by atoms with Crippen LogP contribution in [0, 0.1) is 12.3 Å². The highest BCUT2D eigenvalue weighted by Gasteiger charge is 2.15. The van der Waals surface area contributed by atoms with Crippen LogP contribution in [0.15, 0.2) is 18.2 Å². The summed E-state index contributed by atoms with van der Waals surface area (Å²) in [6.07, 6.45) is 5.28. The minimum Gasteiger partial charge on any atom is -0.482 e. The number of hydrogen-bond acceptors (Lipinski definition) is 3. The highest BCUT2D eigenvalue weighted by atomic mass is 16.5. The second-order valence-electron chi connectivity index (χ2n) is 3.94. The molecule has 1 aromatic rings. The Morgan fingerprint density at radius 1 is 1.65 bits per heavy atom. The first-order chi connectivity index (χ1) is 8.19. The number of amides is 1. The third-order valence-corrected chi connectivity index (χ3v) is 2.54. The Morgan fingerprint density at radius 2 is 2.47 bits per heavy atom. The molecule has 88 valence electrons. The molecule has 1 unspecified atom stereocenters. The van der Waals surface area contributed by atoms with Crippen molar-refractivity contribution in [3.8, 4) is 18.1 Å². The van der Waals surface area contributed by atoms with E-state index in [2.05, 4.69) is 16.6 Å². The number of benzene rings is 1. The smallest absolute Gasteiger partial charge is 0.262 e. The van der Waals surface area contributed by atoms with Gasteiger partial charge < -0.3 is 10.1 Å². The normalized spacial score (nSPS) is 15.2. The molecular formula is C13H14N2O2. The van der Waals surface area contributed by atoms with Gasteiger partial charge in [-0.05, 0) is 24.6 Å². The molecular weight excluding hydrogens is 216 g/mol. The summed E-state index contributed by atoms with van der Waals surface area (Å²) in [4.78, 5) is 11.2. The van der Waals surface area contributed by atoms with E-state index in [1.54, 1.807) is 0 Å². The SMILES string of the molecule is C#CC(C)NCc1ccc2c(c1)NC(=O)CO2. The molecule has 0 fully saturated rings. The number of terminal acetylenes is 1. The molecule has 0 saturated heterocycles. The zero-order valence-electron chi connectivity index (χ0n) is 9.62. The van der Waals surface area contributed by atoms with Gasteiger partial charge in [0.15, 0.2) is 6.61 Å². The Morgan fingerprint density at radius 3 is 3.24 bits per heavy atom. The van der Waals surface area contributed by atoms with Crippen LogP contribution in [0.2, 0.25) is 0 Å². The first-order valence-electron chi connectivity index (χ1n) is 5.44. The molecule has 1 aliphatic heterocycles. The molecule has 0 radical (unpaired) electrons. The third kappa shape index (κ3) is 2.77. The van der Waals surface area contributed by atoms with Crippen molar-refractivity contribution in [3.63, 3.8) is 0 Å². The Kier molecular flexibility index (Phi) is 3.31. The summed E-state index contributed by atoms with van der Waals surface area (Å²) in [5.41, 5.74) is 1.77. The topological polar surface area (TPSA) is 50.4 Å². The van der Waals surface area contributed by atoms with Crippen molar-refractivity contribution < 1.29 is 9.53 Å². The maximum Gasteiger partial charge on any atom is 0.262 e. The summed E-state index contributed by atoms with van der Waals surface area (Å²) < 4.78 is 5.27. The predicted octanol–water partition coefficient (Wildman–Crippen LogP) is 1.13. The van der Waals surface area contributed by atoms with Crippen LogP contribution in [-0.4, -0.2) is 18.6 Å². The lowest BCUT2D eigenvalue weighted by molar-refractivity contribution is -0.118. The van der Waals surface area contributed by atoms with Crippen LogP contribution in [0.1, 0.15) is 12.5 Å². The van der Waals surface area contributed by atoms with E-state index in [9.17, 15) is 4.79 Å². The van der Waals surface area contributed by atoms with Crippen LogP contribution in [0.25, 0.3) is 0 Å². The molecule has 17 heavy (non-hydrogen) atoms. The lowest BCUT2D eigenvalue weighted by Crippen LogP contribution is -2.26. The van der Waals surface area contributed by atoms with E-state index in [1.807, 2.05) is 25.1 Å². The monoisotopic (exact) mass is 230 g/mol. The van der Waals surface area contributed by atoms with Gasteiger partial charge in [-0.3, -0.25) is 10.1 Å². The minimum atomic E-state index is -0.125. The summed E-state index contributed by atoms with van der Waals surface area (Å²) in [6, 6.07) is 5.72. The van der Waals surface area contributed by atoms with Gasteiger partial charge in [-0.25, -0.2) is 0 Å². The van der Waals surface area contributed by atoms with Gasteiger partial charge >= 0.3 is 0 Å². The number of ether oxygens (including phenoxy) is 1. The van der Waals surface area contributed by atoms with Crippen LogP contribution in [-0.2, 0) is 11.3 Å². The van der Waals surface area contributed by atoms with Gasteiger partial charge in [-0.15, -0.1) is 6.42 Å². The number of hydrogen-bond donors (Lipinski definition) is 2. The van der Waals surface area contributed by atoms with E-state index in [0.717, 1.165) is 5.56 Å². The second kappa shape index (κ2) is 4.89. The fourth-order valence-corrected chi connectivity index (χ4v) is 1.57. The van der Waals surface area contributed by atoms with Crippen LogP contribution < -0.4 is 15.4 Å². The Balaban J connectivity index is 2.08. The molecule has 0 bridgehead atoms. The average molecular weight is 230 g/mol. The number of carbonyl (C=O) groups is 1. The fourth-order valence-electron chi connectivity index (χ4n) is 1.57. The van der Waals surface area contributed by atoms with Gasteiger partial charge in [-0.1, -0.05) is 12.0 Å². The van der Waals surface area contributed by atoms with E-state index in [1.165, 1.54) is 0 Å². The Hall–Kier alpha value is -1.99. The first-order valence-corrected chi connectivity index (χ1v) is 5.44. The van der Waals surface area contributed by atoms with E-state index in [-0.39, 0.29) is 18.6 Å². The van der Waals surface area contributed by atoms with E-state index in [0.29, 0.717) is 18.0 Å². The van der Waals surface area contributed by atoms with Crippen LogP contribution in [0.5, 0.6) is 5.75 Å². The summed E-state index contributed by atoms with van der Waals surface area (Å²) >= 11 is 0. The molecule has 4 nitrogen and oxygen atoms in total. The maximum absolute atomic E-state index is 11.2. The lowest BCUT2D eigenvalue weighted by Gasteiger charge is -2.18. The predicted molar refractivity (Wildman–Crippen MR) is 65.7 cm³/mol. The molecule has 1 amide bonds. The summed E-state index contributed by atoms with van der Waals surface area (Å²) in [5.74, 6) is 3.18. The average Bonchev–Trinajstić information content (AvgIpc) is 2.35. The van der Waals surface area contributed by atoms with Crippen LogP contribution >= 0.6 is 0 Å². The fraction of sp³-hybridized carbons (Fsp3) is 0.308. The molecule has 0 aromatic heterocycles. The number of nitrogens with one attached hydrogen (secondary N) is 2. The van der Waals surface area contributed by atoms with E-state index < -0.39 is 0 Å². The van der Waals surface area contributed by atoms with Crippen molar-refractivity contribution in [2.75, 3.05) is 11.9 Å². The van der Waals surface area contributed by atoms with Gasteiger partial charge in [0, 0.05) is 6.54 Å². The molecule has 1 aliphatic rings. The molecule has 0 spiro atoms. The Bertz CT molecular complexity index is 477. The molecule has 2 N–H and O–H groups in total. The minimum absolute atomic E-state index is 0.0249. The third-order valence-electron chi connectivity index (χ3n) is 2.54. The summed E-state index contributed by atoms with van der Waals surface area (Å²) in [7, 11) is 0. The number of fused-ring (bicyclic) bond motifs is 1. The van der Waals surface area contributed by atoms with Crippen molar-refractivity contribution in [2.24, 2.45) is 0 Å². The zero-order valence-corrected chi connectivity index (χ0v) is 9.62. The highest BCUT2D eigenvalue weighted by Crippen LogP contribution is 2.28. The second-order valence-corrected chi connectivity index (χ2v) is 3.94. The number of rotatable bonds is 3. The van der Waals surface area contributed by atoms with Gasteiger partial charge in [-0.2, -0.15) is 0 Å². The van der Waals surface area contributed by atoms with Gasteiger partial charge in [0.2, 0.25) is 0 Å². The van der Waals surface area contributed by atoms with Crippen molar-refractivity contribution in [3.05, 3.63) is 23.8 Å². The quantitative estimate of drug-likeness (QED) is 0.765. The molecule has 1 heterocycles. The van der Waals surface area contributed by atoms with Gasteiger partial charge in [0.05, 0.1) is 11.7 Å². The number of anilines is 1. The van der Waals surface area contributed by atoms with Crippen LogP contribution in [0.3, 0.4) is 0 Å². The van der Waals surface area contributed by atoms with Crippen molar-refractivity contribution >= 4 is 11.6 Å². The summed E-state index contributed by atoms with van der Waals surface area (Å²) in [5, 5.41) is 5.95. The Labute approximate surface area is 100 Å².